The van der Waals surface area contributed by atoms with Crippen molar-refractivity contribution in [2.75, 3.05) is 12.4 Å². The Balaban J connectivity index is 1.49. The van der Waals surface area contributed by atoms with Crippen molar-refractivity contribution in [1.82, 2.24) is 20.2 Å². The minimum Gasteiger partial charge on any atom is -0.497 e. The van der Waals surface area contributed by atoms with E-state index in [1.165, 1.54) is 11.8 Å². The largest absolute Gasteiger partial charge is 0.497 e. The van der Waals surface area contributed by atoms with Crippen molar-refractivity contribution in [1.29, 1.82) is 0 Å². The highest BCUT2D eigenvalue weighted by Gasteiger charge is 2.20. The van der Waals surface area contributed by atoms with E-state index >= 15 is 0 Å². The zero-order valence-electron chi connectivity index (χ0n) is 17.1. The second-order valence-corrected chi connectivity index (χ2v) is 8.04. The van der Waals surface area contributed by atoms with E-state index in [0.29, 0.717) is 5.16 Å². The fourth-order valence-electron chi connectivity index (χ4n) is 3.05. The summed E-state index contributed by atoms with van der Waals surface area (Å²) in [6.07, 6.45) is 0. The molecule has 1 aromatic heterocycles. The van der Waals surface area contributed by atoms with Gasteiger partial charge in [0.1, 0.15) is 5.75 Å². The zero-order valence-corrected chi connectivity index (χ0v) is 17.9. The van der Waals surface area contributed by atoms with Gasteiger partial charge < -0.3 is 10.1 Å². The molecule has 0 aliphatic heterocycles. The van der Waals surface area contributed by atoms with Gasteiger partial charge in [-0.2, -0.15) is 4.68 Å². The summed E-state index contributed by atoms with van der Waals surface area (Å²) in [5, 5.41) is 15.1. The lowest BCUT2D eigenvalue weighted by molar-refractivity contribution is -0.115. The molecule has 0 aliphatic carbocycles. The molecule has 8 heteroatoms. The van der Waals surface area contributed by atoms with Gasteiger partial charge in [-0.05, 0) is 53.2 Å². The van der Waals surface area contributed by atoms with Crippen LogP contribution in [0.1, 0.15) is 6.92 Å². The van der Waals surface area contributed by atoms with Crippen molar-refractivity contribution in [3.63, 3.8) is 0 Å². The number of tetrazole rings is 1. The van der Waals surface area contributed by atoms with Crippen LogP contribution < -0.4 is 10.1 Å². The number of thioether (sulfide) groups is 1. The number of methoxy groups -OCH3 is 1. The van der Waals surface area contributed by atoms with E-state index in [2.05, 4.69) is 20.8 Å². The predicted octanol–water partition coefficient (Wildman–Crippen LogP) is 4.46. The van der Waals surface area contributed by atoms with Crippen molar-refractivity contribution in [2.45, 2.75) is 17.3 Å². The van der Waals surface area contributed by atoms with E-state index in [1.54, 1.807) is 11.8 Å². The first kappa shape index (κ1) is 20.6. The van der Waals surface area contributed by atoms with E-state index in [4.69, 9.17) is 4.74 Å². The Kier molecular flexibility index (Phi) is 6.28. The molecule has 0 saturated heterocycles. The number of benzene rings is 3. The standard InChI is InChI=1S/C23H21N5O2S/c1-16(31-23-25-26-27-28(23)18-12-14-19(30-2)15-13-18)22(29)24-21-11-7-6-10-20(21)17-8-4-3-5-9-17/h3-16H,1-2H3,(H,24,29). The van der Waals surface area contributed by atoms with E-state index in [9.17, 15) is 4.79 Å². The average molecular weight is 432 g/mol. The van der Waals surface area contributed by atoms with Crippen LogP contribution in [0.25, 0.3) is 16.8 Å². The minimum atomic E-state index is -0.410. The molecule has 1 heterocycles. The summed E-state index contributed by atoms with van der Waals surface area (Å²) < 4.78 is 6.79. The molecule has 1 amide bonds. The number of hydrogen-bond acceptors (Lipinski definition) is 6. The van der Waals surface area contributed by atoms with E-state index in [-0.39, 0.29) is 5.91 Å². The second-order valence-electron chi connectivity index (χ2n) is 6.73. The molecule has 0 radical (unpaired) electrons. The fraction of sp³-hybridized carbons (Fsp3) is 0.130. The third-order valence-corrected chi connectivity index (χ3v) is 5.71. The number of aromatic nitrogens is 4. The summed E-state index contributed by atoms with van der Waals surface area (Å²) >= 11 is 1.29. The molecule has 0 fully saturated rings. The summed E-state index contributed by atoms with van der Waals surface area (Å²) in [4.78, 5) is 12.9. The Labute approximate surface area is 184 Å². The van der Waals surface area contributed by atoms with E-state index in [0.717, 1.165) is 28.3 Å². The molecule has 7 nitrogen and oxygen atoms in total. The predicted molar refractivity (Wildman–Crippen MR) is 122 cm³/mol. The Bertz CT molecular complexity index is 1160. The molecule has 4 aromatic rings. The summed E-state index contributed by atoms with van der Waals surface area (Å²) in [5.41, 5.74) is 3.56. The van der Waals surface area contributed by atoms with Crippen LogP contribution in [-0.4, -0.2) is 38.5 Å². The number of para-hydroxylation sites is 1. The van der Waals surface area contributed by atoms with E-state index in [1.807, 2.05) is 85.8 Å². The first-order valence-corrected chi connectivity index (χ1v) is 10.6. The number of anilines is 1. The maximum absolute atomic E-state index is 12.9. The first-order valence-electron chi connectivity index (χ1n) is 9.70. The van der Waals surface area contributed by atoms with Gasteiger partial charge in [0.2, 0.25) is 11.1 Å². The van der Waals surface area contributed by atoms with Crippen LogP contribution in [0.5, 0.6) is 5.75 Å². The van der Waals surface area contributed by atoms with Crippen LogP contribution in [0.4, 0.5) is 5.69 Å². The van der Waals surface area contributed by atoms with Crippen LogP contribution in [-0.2, 0) is 4.79 Å². The molecule has 3 aromatic carbocycles. The molecule has 1 N–H and O–H groups in total. The molecule has 1 unspecified atom stereocenters. The molecular formula is C23H21N5O2S. The van der Waals surface area contributed by atoms with Gasteiger partial charge in [0.25, 0.3) is 0 Å². The minimum absolute atomic E-state index is 0.127. The quantitative estimate of drug-likeness (QED) is 0.435. The molecular weight excluding hydrogens is 410 g/mol. The van der Waals surface area contributed by atoms with Gasteiger partial charge in [0.15, 0.2) is 0 Å². The third-order valence-electron chi connectivity index (χ3n) is 4.68. The number of nitrogens with zero attached hydrogens (tertiary/aromatic N) is 4. The Hall–Kier alpha value is -3.65. The van der Waals surface area contributed by atoms with Crippen LogP contribution in [0, 0.1) is 0 Å². The van der Waals surface area contributed by atoms with Crippen LogP contribution in [0.15, 0.2) is 84.0 Å². The summed E-state index contributed by atoms with van der Waals surface area (Å²) in [6.45, 7) is 1.83. The lowest BCUT2D eigenvalue weighted by atomic mass is 10.0. The zero-order chi connectivity index (χ0) is 21.6. The number of rotatable bonds is 7. The van der Waals surface area contributed by atoms with Crippen molar-refractivity contribution in [3.8, 4) is 22.6 Å². The van der Waals surface area contributed by atoms with Gasteiger partial charge in [-0.3, -0.25) is 4.79 Å². The van der Waals surface area contributed by atoms with Crippen LogP contribution in [0.2, 0.25) is 0 Å². The number of nitrogens with one attached hydrogen (secondary N) is 1. The third kappa shape index (κ3) is 4.75. The molecule has 4 rings (SSSR count). The first-order chi connectivity index (χ1) is 15.2. The van der Waals surface area contributed by atoms with Gasteiger partial charge in [0, 0.05) is 11.3 Å². The second kappa shape index (κ2) is 9.44. The SMILES string of the molecule is COc1ccc(-n2nnnc2SC(C)C(=O)Nc2ccccc2-c2ccccc2)cc1. The van der Waals surface area contributed by atoms with Crippen molar-refractivity contribution in [2.24, 2.45) is 0 Å². The summed E-state index contributed by atoms with van der Waals surface area (Å²) in [6, 6.07) is 25.1. The summed E-state index contributed by atoms with van der Waals surface area (Å²) in [7, 11) is 1.61. The highest BCUT2D eigenvalue weighted by atomic mass is 32.2. The molecule has 0 bridgehead atoms. The fourth-order valence-corrected chi connectivity index (χ4v) is 3.85. The van der Waals surface area contributed by atoms with Crippen LogP contribution >= 0.6 is 11.8 Å². The van der Waals surface area contributed by atoms with Gasteiger partial charge in [-0.25, -0.2) is 0 Å². The molecule has 0 aliphatic rings. The molecule has 0 saturated carbocycles. The monoisotopic (exact) mass is 431 g/mol. The highest BCUT2D eigenvalue weighted by molar-refractivity contribution is 8.00. The Morgan fingerprint density at radius 2 is 1.71 bits per heavy atom. The van der Waals surface area contributed by atoms with Gasteiger partial charge in [-0.1, -0.05) is 60.3 Å². The molecule has 1 atom stereocenters. The van der Waals surface area contributed by atoms with Gasteiger partial charge in [-0.15, -0.1) is 5.10 Å². The molecule has 0 spiro atoms. The van der Waals surface area contributed by atoms with Gasteiger partial charge >= 0.3 is 0 Å². The van der Waals surface area contributed by atoms with Gasteiger partial charge in [0.05, 0.1) is 18.0 Å². The number of carbonyl (C=O) groups excluding carboxylic acids is 1. The molecule has 156 valence electrons. The number of amides is 1. The normalized spacial score (nSPS) is 11.7. The maximum atomic E-state index is 12.9. The topological polar surface area (TPSA) is 81.9 Å². The highest BCUT2D eigenvalue weighted by Crippen LogP contribution is 2.29. The van der Waals surface area contributed by atoms with Crippen molar-refractivity contribution >= 4 is 23.4 Å². The lowest BCUT2D eigenvalue weighted by Crippen LogP contribution is -2.23. The maximum Gasteiger partial charge on any atom is 0.237 e. The number of carbonyl (C=O) groups is 1. The number of ether oxygens (including phenoxy) is 1. The Morgan fingerprint density at radius 3 is 2.45 bits per heavy atom. The van der Waals surface area contributed by atoms with Crippen molar-refractivity contribution in [3.05, 3.63) is 78.9 Å². The molecule has 31 heavy (non-hydrogen) atoms. The average Bonchev–Trinajstić information content (AvgIpc) is 3.28. The Morgan fingerprint density at radius 1 is 1.00 bits per heavy atom. The van der Waals surface area contributed by atoms with Crippen molar-refractivity contribution < 1.29 is 9.53 Å². The van der Waals surface area contributed by atoms with Crippen LogP contribution in [0.3, 0.4) is 0 Å². The smallest absolute Gasteiger partial charge is 0.237 e. The van der Waals surface area contributed by atoms with E-state index < -0.39 is 5.25 Å². The lowest BCUT2D eigenvalue weighted by Gasteiger charge is -2.15. The summed E-state index contributed by atoms with van der Waals surface area (Å²) in [5.74, 6) is 0.619. The number of hydrogen-bond donors (Lipinski definition) is 1.